The Bertz CT molecular complexity index is 925. The first-order chi connectivity index (χ1) is 14.2. The van der Waals surface area contributed by atoms with Crippen LogP contribution in [0.5, 0.6) is 0 Å². The topological polar surface area (TPSA) is 44.4 Å². The molecule has 1 saturated heterocycles. The Morgan fingerprint density at radius 1 is 1.07 bits per heavy atom. The van der Waals surface area contributed by atoms with Crippen molar-refractivity contribution in [2.45, 2.75) is 44.3 Å². The maximum atomic E-state index is 12.8. The third-order valence-corrected chi connectivity index (χ3v) is 7.66. The molecule has 29 heavy (non-hydrogen) atoms. The van der Waals surface area contributed by atoms with E-state index in [9.17, 15) is 4.79 Å². The fourth-order valence-electron chi connectivity index (χ4n) is 4.72. The van der Waals surface area contributed by atoms with E-state index in [1.54, 1.807) is 0 Å². The molecule has 0 aromatic heterocycles. The van der Waals surface area contributed by atoms with Gasteiger partial charge in [-0.3, -0.25) is 10.1 Å². The summed E-state index contributed by atoms with van der Waals surface area (Å²) in [6.45, 7) is 4.03. The number of fused-ring (bicyclic) bond motifs is 2. The van der Waals surface area contributed by atoms with E-state index in [0.717, 1.165) is 31.5 Å². The fourth-order valence-corrected chi connectivity index (χ4v) is 6.29. The summed E-state index contributed by atoms with van der Waals surface area (Å²) in [7, 11) is 0. The lowest BCUT2D eigenvalue weighted by molar-refractivity contribution is -0.127. The molecule has 2 aliphatic heterocycles. The largest absolute Gasteiger partial charge is 0.367 e. The number of allylic oxidation sites excluding steroid dienone is 1. The quantitative estimate of drug-likeness (QED) is 0.766. The molecule has 3 aliphatic rings. The van der Waals surface area contributed by atoms with Gasteiger partial charge < -0.3 is 10.2 Å². The number of hydrogen-bond donors (Lipinski definition) is 2. The second kappa shape index (κ2) is 7.88. The van der Waals surface area contributed by atoms with Crippen molar-refractivity contribution >= 4 is 23.4 Å². The lowest BCUT2D eigenvalue weighted by Crippen LogP contribution is -2.54. The highest BCUT2D eigenvalue weighted by atomic mass is 32.2. The number of rotatable bonds is 5. The van der Waals surface area contributed by atoms with Gasteiger partial charge >= 0.3 is 0 Å². The standard InChI is InChI=1S/C24H27N3OS/c1-2-27(15-16-7-4-3-5-8-16)18-13-11-17(12-14-18)22-25-23(28)21-19-9-6-10-20(19)29-24(21)26-22/h3-5,7-8,11-14,21-22,24,26H,2,6,9-10,15H2,1H3,(H,25,28). The molecule has 5 heteroatoms. The summed E-state index contributed by atoms with van der Waals surface area (Å²) in [6, 6.07) is 19.2. The summed E-state index contributed by atoms with van der Waals surface area (Å²) in [5.74, 6) is 0.205. The number of hydrogen-bond acceptors (Lipinski definition) is 4. The lowest BCUT2D eigenvalue weighted by atomic mass is 9.94. The second-order valence-corrected chi connectivity index (χ2v) is 9.25. The van der Waals surface area contributed by atoms with Gasteiger partial charge in [-0.15, -0.1) is 11.8 Å². The van der Waals surface area contributed by atoms with Gasteiger partial charge in [0.05, 0.1) is 11.3 Å². The number of nitrogens with one attached hydrogen (secondary N) is 2. The van der Waals surface area contributed by atoms with Crippen LogP contribution in [-0.4, -0.2) is 17.8 Å². The van der Waals surface area contributed by atoms with E-state index in [1.807, 2.05) is 11.8 Å². The van der Waals surface area contributed by atoms with Crippen molar-refractivity contribution in [1.82, 2.24) is 10.6 Å². The number of anilines is 1. The number of carbonyl (C=O) groups excluding carboxylic acids is 1. The van der Waals surface area contributed by atoms with Crippen molar-refractivity contribution in [3.05, 3.63) is 76.2 Å². The summed E-state index contributed by atoms with van der Waals surface area (Å²) in [4.78, 5) is 16.6. The van der Waals surface area contributed by atoms with E-state index in [1.165, 1.54) is 28.1 Å². The van der Waals surface area contributed by atoms with Crippen LogP contribution in [-0.2, 0) is 11.3 Å². The SMILES string of the molecule is CCN(Cc1ccccc1)c1ccc(C2NC(=O)C3C4=C(CCC4)SC3N2)cc1. The van der Waals surface area contributed by atoms with Gasteiger partial charge in [-0.2, -0.15) is 0 Å². The fraction of sp³-hybridized carbons (Fsp3) is 0.375. The van der Waals surface area contributed by atoms with Crippen LogP contribution < -0.4 is 15.5 Å². The minimum Gasteiger partial charge on any atom is -0.367 e. The van der Waals surface area contributed by atoms with E-state index >= 15 is 0 Å². The first-order valence-corrected chi connectivity index (χ1v) is 11.4. The summed E-state index contributed by atoms with van der Waals surface area (Å²) in [5, 5.41) is 7.06. The molecule has 0 spiro atoms. The minimum absolute atomic E-state index is 0.0227. The summed E-state index contributed by atoms with van der Waals surface area (Å²) < 4.78 is 0. The molecule has 0 bridgehead atoms. The molecule has 2 heterocycles. The first-order valence-electron chi connectivity index (χ1n) is 10.6. The van der Waals surface area contributed by atoms with Gasteiger partial charge in [0.25, 0.3) is 0 Å². The molecule has 1 fully saturated rings. The second-order valence-electron chi connectivity index (χ2n) is 8.02. The Balaban J connectivity index is 1.29. The number of carbonyl (C=O) groups is 1. The van der Waals surface area contributed by atoms with Crippen LogP contribution in [0.3, 0.4) is 0 Å². The smallest absolute Gasteiger partial charge is 0.231 e. The molecule has 2 aromatic carbocycles. The van der Waals surface area contributed by atoms with Gasteiger partial charge in [-0.05, 0) is 59.9 Å². The van der Waals surface area contributed by atoms with E-state index in [-0.39, 0.29) is 23.4 Å². The van der Waals surface area contributed by atoms with E-state index in [2.05, 4.69) is 77.1 Å². The molecule has 1 amide bonds. The van der Waals surface area contributed by atoms with Crippen LogP contribution >= 0.6 is 11.8 Å². The molecule has 3 unspecified atom stereocenters. The van der Waals surface area contributed by atoms with Gasteiger partial charge in [-0.1, -0.05) is 42.5 Å². The van der Waals surface area contributed by atoms with Gasteiger partial charge in [-0.25, -0.2) is 0 Å². The third kappa shape index (κ3) is 3.58. The Hall–Kier alpha value is -2.24. The van der Waals surface area contributed by atoms with Crippen LogP contribution in [0.2, 0.25) is 0 Å². The highest BCUT2D eigenvalue weighted by molar-refractivity contribution is 8.04. The van der Waals surface area contributed by atoms with Gasteiger partial charge in [0.1, 0.15) is 6.17 Å². The van der Waals surface area contributed by atoms with Crippen LogP contribution in [0.25, 0.3) is 0 Å². The van der Waals surface area contributed by atoms with Crippen LogP contribution in [0.4, 0.5) is 5.69 Å². The van der Waals surface area contributed by atoms with Gasteiger partial charge in [0.15, 0.2) is 0 Å². The molecule has 4 nitrogen and oxygen atoms in total. The zero-order valence-electron chi connectivity index (χ0n) is 16.7. The van der Waals surface area contributed by atoms with Crippen molar-refractivity contribution in [2.75, 3.05) is 11.4 Å². The van der Waals surface area contributed by atoms with E-state index in [4.69, 9.17) is 0 Å². The van der Waals surface area contributed by atoms with Crippen molar-refractivity contribution in [1.29, 1.82) is 0 Å². The number of thioether (sulfide) groups is 1. The highest BCUT2D eigenvalue weighted by Gasteiger charge is 2.46. The molecule has 1 aliphatic carbocycles. The lowest BCUT2D eigenvalue weighted by Gasteiger charge is -2.35. The maximum absolute atomic E-state index is 12.8. The zero-order valence-corrected chi connectivity index (χ0v) is 17.5. The van der Waals surface area contributed by atoms with E-state index in [0.29, 0.717) is 0 Å². The molecular formula is C24H27N3OS. The predicted octanol–water partition coefficient (Wildman–Crippen LogP) is 4.56. The molecule has 2 aromatic rings. The van der Waals surface area contributed by atoms with Gasteiger partial charge in [0, 0.05) is 18.8 Å². The van der Waals surface area contributed by atoms with E-state index < -0.39 is 0 Å². The normalized spacial score (nSPS) is 25.6. The molecular weight excluding hydrogens is 378 g/mol. The highest BCUT2D eigenvalue weighted by Crippen LogP contribution is 2.50. The van der Waals surface area contributed by atoms with Crippen LogP contribution in [0.15, 0.2) is 65.1 Å². The Morgan fingerprint density at radius 2 is 1.86 bits per heavy atom. The molecule has 0 radical (unpaired) electrons. The average molecular weight is 406 g/mol. The molecule has 2 N–H and O–H groups in total. The van der Waals surface area contributed by atoms with Crippen molar-refractivity contribution in [2.24, 2.45) is 5.92 Å². The Kier molecular flexibility index (Phi) is 5.10. The van der Waals surface area contributed by atoms with Gasteiger partial charge in [0.2, 0.25) is 5.91 Å². The monoisotopic (exact) mass is 405 g/mol. The molecule has 5 rings (SSSR count). The Labute approximate surface area is 176 Å². The maximum Gasteiger partial charge on any atom is 0.231 e. The Morgan fingerprint density at radius 3 is 2.62 bits per heavy atom. The summed E-state index contributed by atoms with van der Waals surface area (Å²) in [6.07, 6.45) is 3.33. The van der Waals surface area contributed by atoms with Crippen molar-refractivity contribution in [3.63, 3.8) is 0 Å². The minimum atomic E-state index is -0.116. The predicted molar refractivity (Wildman–Crippen MR) is 119 cm³/mol. The number of benzene rings is 2. The third-order valence-electron chi connectivity index (χ3n) is 6.25. The molecule has 0 saturated carbocycles. The number of nitrogens with zero attached hydrogens (tertiary/aromatic N) is 1. The summed E-state index contributed by atoms with van der Waals surface area (Å²) in [5.41, 5.74) is 5.02. The van der Waals surface area contributed by atoms with Crippen molar-refractivity contribution < 1.29 is 4.79 Å². The summed E-state index contributed by atoms with van der Waals surface area (Å²) >= 11 is 1.88. The first kappa shape index (κ1) is 18.8. The van der Waals surface area contributed by atoms with Crippen LogP contribution in [0, 0.1) is 5.92 Å². The molecule has 150 valence electrons. The van der Waals surface area contributed by atoms with Crippen molar-refractivity contribution in [3.8, 4) is 0 Å². The number of amides is 1. The van der Waals surface area contributed by atoms with Crippen LogP contribution in [0.1, 0.15) is 43.5 Å². The zero-order chi connectivity index (χ0) is 19.8. The molecule has 3 atom stereocenters. The average Bonchev–Trinajstić information content (AvgIpc) is 3.34.